The van der Waals surface area contributed by atoms with Gasteiger partial charge in [-0.2, -0.15) is 0 Å². The number of fused-ring (bicyclic) bond motifs is 1. The van der Waals surface area contributed by atoms with Gasteiger partial charge in [0.05, 0.1) is 18.8 Å². The summed E-state index contributed by atoms with van der Waals surface area (Å²) in [6.45, 7) is 3.76. The molecule has 0 saturated heterocycles. The van der Waals surface area contributed by atoms with Crippen LogP contribution in [0.4, 0.5) is 10.8 Å². The average Bonchev–Trinajstić information content (AvgIpc) is 2.76. The standard InChI is InChI=1S/C13H14BrN3OS.ClH/c1-8-6-17(7-10-5-16-13(15)19-10)11-4-9(14)2-3-12(11)18-8;/h2-5,8H,6-7H2,1H3,(H2,15,16);1H. The summed E-state index contributed by atoms with van der Waals surface area (Å²) in [4.78, 5) is 7.57. The van der Waals surface area contributed by atoms with E-state index in [9.17, 15) is 0 Å². The van der Waals surface area contributed by atoms with Gasteiger partial charge in [0.25, 0.3) is 0 Å². The first-order valence-corrected chi connectivity index (χ1v) is 7.64. The first-order valence-electron chi connectivity index (χ1n) is 6.03. The summed E-state index contributed by atoms with van der Waals surface area (Å²) in [5.41, 5.74) is 6.80. The fourth-order valence-electron chi connectivity index (χ4n) is 2.23. The van der Waals surface area contributed by atoms with Crippen molar-refractivity contribution in [2.45, 2.75) is 19.6 Å². The van der Waals surface area contributed by atoms with Crippen LogP contribution in [0.1, 0.15) is 11.8 Å². The molecule has 1 unspecified atom stereocenters. The van der Waals surface area contributed by atoms with Gasteiger partial charge in [-0.05, 0) is 25.1 Å². The van der Waals surface area contributed by atoms with Gasteiger partial charge in [0.15, 0.2) is 5.13 Å². The van der Waals surface area contributed by atoms with Crippen molar-refractivity contribution in [1.82, 2.24) is 4.98 Å². The molecule has 0 spiro atoms. The highest BCUT2D eigenvalue weighted by Crippen LogP contribution is 2.37. The lowest BCUT2D eigenvalue weighted by atomic mass is 10.2. The molecule has 2 heterocycles. The predicted octanol–water partition coefficient (Wildman–Crippen LogP) is 3.70. The predicted molar refractivity (Wildman–Crippen MR) is 89.1 cm³/mol. The van der Waals surface area contributed by atoms with Crippen molar-refractivity contribution >= 4 is 50.5 Å². The topological polar surface area (TPSA) is 51.4 Å². The molecular formula is C13H15BrClN3OS. The summed E-state index contributed by atoms with van der Waals surface area (Å²) in [7, 11) is 0. The molecule has 1 aliphatic heterocycles. The van der Waals surface area contributed by atoms with Crippen molar-refractivity contribution in [2.24, 2.45) is 0 Å². The van der Waals surface area contributed by atoms with E-state index in [0.29, 0.717) is 5.13 Å². The molecular weight excluding hydrogens is 362 g/mol. The maximum atomic E-state index is 5.86. The maximum absolute atomic E-state index is 5.86. The number of ether oxygens (including phenoxy) is 1. The molecule has 1 aromatic carbocycles. The summed E-state index contributed by atoms with van der Waals surface area (Å²) in [5, 5.41) is 0.616. The van der Waals surface area contributed by atoms with Crippen LogP contribution >= 0.6 is 39.7 Å². The molecule has 7 heteroatoms. The Labute approximate surface area is 136 Å². The normalized spacial score (nSPS) is 17.1. The third-order valence-electron chi connectivity index (χ3n) is 2.99. The highest BCUT2D eigenvalue weighted by Gasteiger charge is 2.23. The van der Waals surface area contributed by atoms with Crippen LogP contribution in [0.3, 0.4) is 0 Å². The molecule has 2 aromatic rings. The van der Waals surface area contributed by atoms with Crippen LogP contribution in [-0.4, -0.2) is 17.6 Å². The van der Waals surface area contributed by atoms with E-state index in [-0.39, 0.29) is 18.5 Å². The number of nitrogens with zero attached hydrogens (tertiary/aromatic N) is 2. The highest BCUT2D eigenvalue weighted by atomic mass is 79.9. The van der Waals surface area contributed by atoms with Crippen molar-refractivity contribution in [3.05, 3.63) is 33.7 Å². The first kappa shape index (κ1) is 15.4. The lowest BCUT2D eigenvalue weighted by Gasteiger charge is -2.34. The Balaban J connectivity index is 0.00000147. The number of anilines is 2. The number of benzene rings is 1. The largest absolute Gasteiger partial charge is 0.487 e. The minimum absolute atomic E-state index is 0. The molecule has 1 atom stereocenters. The Kier molecular flexibility index (Phi) is 4.78. The van der Waals surface area contributed by atoms with Gasteiger partial charge in [0.2, 0.25) is 0 Å². The molecule has 2 N–H and O–H groups in total. The number of hydrogen-bond acceptors (Lipinski definition) is 5. The van der Waals surface area contributed by atoms with E-state index < -0.39 is 0 Å². The second kappa shape index (κ2) is 6.20. The first-order chi connectivity index (χ1) is 9.11. The Bertz CT molecular complexity index is 607. The second-order valence-electron chi connectivity index (χ2n) is 4.59. The van der Waals surface area contributed by atoms with Gasteiger partial charge in [-0.15, -0.1) is 23.7 Å². The molecule has 3 rings (SSSR count). The fourth-order valence-corrected chi connectivity index (χ4v) is 3.28. The molecule has 0 bridgehead atoms. The van der Waals surface area contributed by atoms with E-state index in [0.717, 1.165) is 33.9 Å². The van der Waals surface area contributed by atoms with Crippen molar-refractivity contribution in [3.8, 4) is 5.75 Å². The molecule has 0 radical (unpaired) electrons. The lowest BCUT2D eigenvalue weighted by molar-refractivity contribution is 0.212. The van der Waals surface area contributed by atoms with Crippen molar-refractivity contribution in [3.63, 3.8) is 0 Å². The van der Waals surface area contributed by atoms with E-state index in [2.05, 4.69) is 38.8 Å². The van der Waals surface area contributed by atoms with Crippen LogP contribution in [0, 0.1) is 0 Å². The van der Waals surface area contributed by atoms with Crippen LogP contribution in [-0.2, 0) is 6.54 Å². The summed E-state index contributed by atoms with van der Waals surface area (Å²) >= 11 is 5.04. The molecule has 4 nitrogen and oxygen atoms in total. The fraction of sp³-hybridized carbons (Fsp3) is 0.308. The lowest BCUT2D eigenvalue weighted by Crippen LogP contribution is -2.37. The molecule has 1 aromatic heterocycles. The minimum atomic E-state index is 0. The van der Waals surface area contributed by atoms with Gasteiger partial charge in [0, 0.05) is 15.5 Å². The van der Waals surface area contributed by atoms with E-state index in [4.69, 9.17) is 10.5 Å². The highest BCUT2D eigenvalue weighted by molar-refractivity contribution is 9.10. The summed E-state index contributed by atoms with van der Waals surface area (Å²) in [6.07, 6.45) is 2.02. The Hall–Kier alpha value is -0.980. The Morgan fingerprint density at radius 2 is 2.35 bits per heavy atom. The van der Waals surface area contributed by atoms with Gasteiger partial charge in [-0.1, -0.05) is 15.9 Å². The van der Waals surface area contributed by atoms with Gasteiger partial charge < -0.3 is 15.4 Å². The van der Waals surface area contributed by atoms with Crippen LogP contribution in [0.2, 0.25) is 0 Å². The third-order valence-corrected chi connectivity index (χ3v) is 4.29. The quantitative estimate of drug-likeness (QED) is 0.868. The minimum Gasteiger partial charge on any atom is -0.487 e. The molecule has 108 valence electrons. The van der Waals surface area contributed by atoms with Gasteiger partial charge in [0.1, 0.15) is 11.9 Å². The third kappa shape index (κ3) is 3.19. The molecule has 0 saturated carbocycles. The van der Waals surface area contributed by atoms with Crippen molar-refractivity contribution in [1.29, 1.82) is 0 Å². The van der Waals surface area contributed by atoms with E-state index >= 15 is 0 Å². The monoisotopic (exact) mass is 375 g/mol. The van der Waals surface area contributed by atoms with Gasteiger partial charge >= 0.3 is 0 Å². The molecule has 0 aliphatic carbocycles. The van der Waals surface area contributed by atoms with Gasteiger partial charge in [-0.25, -0.2) is 4.98 Å². The maximum Gasteiger partial charge on any atom is 0.180 e. The number of nitrogens with two attached hydrogens (primary N) is 1. The zero-order valence-electron chi connectivity index (χ0n) is 10.9. The summed E-state index contributed by atoms with van der Waals surface area (Å²) in [6, 6.07) is 6.09. The number of aromatic nitrogens is 1. The Morgan fingerprint density at radius 1 is 1.55 bits per heavy atom. The van der Waals surface area contributed by atoms with E-state index in [1.165, 1.54) is 11.3 Å². The van der Waals surface area contributed by atoms with Crippen LogP contribution in [0.15, 0.2) is 28.9 Å². The Morgan fingerprint density at radius 3 is 3.05 bits per heavy atom. The van der Waals surface area contributed by atoms with Crippen LogP contribution < -0.4 is 15.4 Å². The number of rotatable bonds is 2. The molecule has 0 fully saturated rings. The average molecular weight is 377 g/mol. The number of thiazole rings is 1. The number of nitrogen functional groups attached to an aromatic ring is 1. The summed E-state index contributed by atoms with van der Waals surface area (Å²) < 4.78 is 6.91. The van der Waals surface area contributed by atoms with Crippen LogP contribution in [0.5, 0.6) is 5.75 Å². The molecule has 0 amide bonds. The van der Waals surface area contributed by atoms with Gasteiger partial charge in [-0.3, -0.25) is 0 Å². The molecule has 1 aliphatic rings. The number of halogens is 2. The van der Waals surface area contributed by atoms with Crippen molar-refractivity contribution < 1.29 is 4.74 Å². The van der Waals surface area contributed by atoms with E-state index in [1.54, 1.807) is 0 Å². The number of hydrogen-bond donors (Lipinski definition) is 1. The smallest absolute Gasteiger partial charge is 0.180 e. The zero-order chi connectivity index (χ0) is 13.4. The van der Waals surface area contributed by atoms with Crippen LogP contribution in [0.25, 0.3) is 0 Å². The molecule has 20 heavy (non-hydrogen) atoms. The second-order valence-corrected chi connectivity index (χ2v) is 6.65. The zero-order valence-corrected chi connectivity index (χ0v) is 14.1. The van der Waals surface area contributed by atoms with Crippen molar-refractivity contribution in [2.75, 3.05) is 17.2 Å². The SMILES string of the molecule is CC1CN(Cc2cnc(N)s2)c2cc(Br)ccc2O1.Cl. The summed E-state index contributed by atoms with van der Waals surface area (Å²) in [5.74, 6) is 0.930. The van der Waals surface area contributed by atoms with E-state index in [1.807, 2.05) is 18.3 Å².